The molecular weight excluding hydrogens is 248 g/mol. The maximum Gasteiger partial charge on any atom is 0.0261 e. The Hall–Kier alpha value is -0.160. The third-order valence-corrected chi connectivity index (χ3v) is 4.54. The molecule has 20 heavy (non-hydrogen) atoms. The van der Waals surface area contributed by atoms with Crippen LogP contribution in [0.1, 0.15) is 40.5 Å². The van der Waals surface area contributed by atoms with Gasteiger partial charge in [0.05, 0.1) is 0 Å². The highest BCUT2D eigenvalue weighted by molar-refractivity contribution is 4.66. The summed E-state index contributed by atoms with van der Waals surface area (Å²) in [5.74, 6) is 0. The van der Waals surface area contributed by atoms with Gasteiger partial charge in [-0.3, -0.25) is 0 Å². The van der Waals surface area contributed by atoms with Gasteiger partial charge >= 0.3 is 0 Å². The lowest BCUT2D eigenvalue weighted by atomic mass is 10.3. The van der Waals surface area contributed by atoms with Gasteiger partial charge in [-0.1, -0.05) is 27.7 Å². The summed E-state index contributed by atoms with van der Waals surface area (Å²) >= 11 is 0. The van der Waals surface area contributed by atoms with Crippen molar-refractivity contribution in [3.8, 4) is 0 Å². The van der Waals surface area contributed by atoms with E-state index in [0.29, 0.717) is 0 Å². The van der Waals surface area contributed by atoms with Crippen molar-refractivity contribution in [2.24, 2.45) is 0 Å². The van der Waals surface area contributed by atoms with Crippen LogP contribution in [-0.4, -0.2) is 85.3 Å². The van der Waals surface area contributed by atoms with Gasteiger partial charge in [0.25, 0.3) is 0 Å². The van der Waals surface area contributed by atoms with E-state index in [9.17, 15) is 0 Å². The average Bonchev–Trinajstić information content (AvgIpc) is 2.47. The Morgan fingerprint density at radius 2 is 0.950 bits per heavy atom. The first-order valence-electron chi connectivity index (χ1n) is 8.69. The molecule has 4 heteroatoms. The molecule has 120 valence electrons. The van der Waals surface area contributed by atoms with E-state index in [4.69, 9.17) is 0 Å². The second-order valence-corrected chi connectivity index (χ2v) is 5.67. The lowest BCUT2D eigenvalue weighted by Gasteiger charge is -2.36. The van der Waals surface area contributed by atoms with E-state index in [2.05, 4.69) is 47.5 Å². The van der Waals surface area contributed by atoms with E-state index < -0.39 is 0 Å². The van der Waals surface area contributed by atoms with Crippen molar-refractivity contribution in [3.05, 3.63) is 0 Å². The van der Waals surface area contributed by atoms with Gasteiger partial charge in [0, 0.05) is 32.7 Å². The Bertz CT molecular complexity index is 235. The molecule has 0 atom stereocenters. The van der Waals surface area contributed by atoms with Gasteiger partial charge in [-0.2, -0.15) is 0 Å². The highest BCUT2D eigenvalue weighted by Gasteiger charge is 2.15. The summed E-state index contributed by atoms with van der Waals surface area (Å²) in [6.45, 7) is 21.1. The molecule has 0 amide bonds. The Morgan fingerprint density at radius 1 is 0.500 bits per heavy atom. The zero-order valence-corrected chi connectivity index (χ0v) is 14.3. The maximum absolute atomic E-state index is 2.61. The molecule has 1 saturated heterocycles. The molecule has 1 aliphatic rings. The van der Waals surface area contributed by atoms with Crippen LogP contribution in [-0.2, 0) is 0 Å². The molecule has 0 bridgehead atoms. The van der Waals surface area contributed by atoms with E-state index >= 15 is 0 Å². The molecule has 0 N–H and O–H groups in total. The molecule has 4 nitrogen and oxygen atoms in total. The molecule has 0 unspecified atom stereocenters. The van der Waals surface area contributed by atoms with Gasteiger partial charge in [0.15, 0.2) is 0 Å². The van der Waals surface area contributed by atoms with Crippen LogP contribution < -0.4 is 0 Å². The second kappa shape index (κ2) is 10.6. The van der Waals surface area contributed by atoms with Crippen molar-refractivity contribution < 1.29 is 0 Å². The number of hydrogen-bond donors (Lipinski definition) is 0. The summed E-state index contributed by atoms with van der Waals surface area (Å²) < 4.78 is 0. The van der Waals surface area contributed by atoms with Crippen LogP contribution in [0.25, 0.3) is 0 Å². The number of hydrogen-bond acceptors (Lipinski definition) is 4. The predicted octanol–water partition coefficient (Wildman–Crippen LogP) is 1.98. The highest BCUT2D eigenvalue weighted by atomic mass is 15.6. The lowest BCUT2D eigenvalue weighted by Crippen LogP contribution is -2.48. The van der Waals surface area contributed by atoms with Crippen molar-refractivity contribution >= 4 is 0 Å². The molecule has 0 saturated carbocycles. The summed E-state index contributed by atoms with van der Waals surface area (Å²) in [5.41, 5.74) is 0. The monoisotopic (exact) mass is 284 g/mol. The average molecular weight is 284 g/mol. The Labute approximate surface area is 126 Å². The van der Waals surface area contributed by atoms with Gasteiger partial charge < -0.3 is 9.80 Å². The predicted molar refractivity (Wildman–Crippen MR) is 88.0 cm³/mol. The van der Waals surface area contributed by atoms with Crippen LogP contribution in [0.2, 0.25) is 0 Å². The molecule has 1 aliphatic heterocycles. The van der Waals surface area contributed by atoms with E-state index in [0.717, 1.165) is 13.1 Å². The second-order valence-electron chi connectivity index (χ2n) is 5.67. The fraction of sp³-hybridized carbons (Fsp3) is 1.00. The molecular formula is C16H36N4. The molecule has 1 rings (SSSR count). The SMILES string of the molecule is CCN1CCCN(CC)CCN(CC)N(CC)CCC1. The molecule has 0 aromatic rings. The number of hydrazine groups is 1. The molecule has 1 fully saturated rings. The fourth-order valence-corrected chi connectivity index (χ4v) is 3.11. The van der Waals surface area contributed by atoms with Crippen molar-refractivity contribution in [2.45, 2.75) is 40.5 Å². The van der Waals surface area contributed by atoms with E-state index in [1.165, 1.54) is 65.2 Å². The first kappa shape index (κ1) is 17.9. The van der Waals surface area contributed by atoms with Crippen LogP contribution in [0.5, 0.6) is 0 Å². The molecule has 0 aromatic carbocycles. The van der Waals surface area contributed by atoms with E-state index in [-0.39, 0.29) is 0 Å². The minimum Gasteiger partial charge on any atom is -0.304 e. The third kappa shape index (κ3) is 6.08. The largest absolute Gasteiger partial charge is 0.304 e. The van der Waals surface area contributed by atoms with Gasteiger partial charge in [0.1, 0.15) is 0 Å². The standard InChI is InChI=1S/C16H36N4/c1-5-17-11-9-12-18(6-2)15-16-20(8-4)19(7-3)14-10-13-17/h5-16H2,1-4H3. The summed E-state index contributed by atoms with van der Waals surface area (Å²) in [7, 11) is 0. The number of rotatable bonds is 4. The molecule has 1 heterocycles. The minimum absolute atomic E-state index is 1.13. The smallest absolute Gasteiger partial charge is 0.0261 e. The van der Waals surface area contributed by atoms with Crippen LogP contribution in [0.15, 0.2) is 0 Å². The van der Waals surface area contributed by atoms with Gasteiger partial charge in [-0.25, -0.2) is 10.0 Å². The van der Waals surface area contributed by atoms with Gasteiger partial charge in [0.2, 0.25) is 0 Å². The van der Waals surface area contributed by atoms with Gasteiger partial charge in [-0.15, -0.1) is 0 Å². The molecule has 0 aromatic heterocycles. The molecule has 0 aliphatic carbocycles. The van der Waals surface area contributed by atoms with Crippen LogP contribution in [0, 0.1) is 0 Å². The summed E-state index contributed by atoms with van der Waals surface area (Å²) in [6.07, 6.45) is 2.60. The van der Waals surface area contributed by atoms with Crippen LogP contribution in [0.3, 0.4) is 0 Å². The van der Waals surface area contributed by atoms with E-state index in [1.54, 1.807) is 0 Å². The van der Waals surface area contributed by atoms with Crippen molar-refractivity contribution in [1.82, 2.24) is 19.8 Å². The Kier molecular flexibility index (Phi) is 9.44. The van der Waals surface area contributed by atoms with E-state index in [1.807, 2.05) is 0 Å². The summed E-state index contributed by atoms with van der Waals surface area (Å²) in [6, 6.07) is 0. The third-order valence-electron chi connectivity index (χ3n) is 4.54. The van der Waals surface area contributed by atoms with Crippen LogP contribution >= 0.6 is 0 Å². The zero-order valence-electron chi connectivity index (χ0n) is 14.3. The van der Waals surface area contributed by atoms with Crippen molar-refractivity contribution in [3.63, 3.8) is 0 Å². The topological polar surface area (TPSA) is 13.0 Å². The number of nitrogens with zero attached hydrogens (tertiary/aromatic N) is 4. The first-order chi connectivity index (χ1) is 9.74. The van der Waals surface area contributed by atoms with Crippen LogP contribution in [0.4, 0.5) is 0 Å². The summed E-state index contributed by atoms with van der Waals surface area (Å²) in [4.78, 5) is 5.21. The quantitative estimate of drug-likeness (QED) is 0.782. The highest BCUT2D eigenvalue weighted by Crippen LogP contribution is 2.05. The number of likely N-dealkylation sites (N-methyl/N-ethyl adjacent to an activating group) is 2. The molecule has 0 spiro atoms. The van der Waals surface area contributed by atoms with Gasteiger partial charge in [-0.05, 0) is 45.6 Å². The minimum atomic E-state index is 1.13. The van der Waals surface area contributed by atoms with Crippen molar-refractivity contribution in [2.75, 3.05) is 65.4 Å². The maximum atomic E-state index is 2.61. The Morgan fingerprint density at radius 3 is 1.45 bits per heavy atom. The molecule has 0 radical (unpaired) electrons. The van der Waals surface area contributed by atoms with Crippen molar-refractivity contribution in [1.29, 1.82) is 0 Å². The summed E-state index contributed by atoms with van der Waals surface area (Å²) in [5, 5.41) is 5.09. The zero-order chi connectivity index (χ0) is 14.8. The fourth-order valence-electron chi connectivity index (χ4n) is 3.11. The first-order valence-corrected chi connectivity index (χ1v) is 8.69. The lowest BCUT2D eigenvalue weighted by molar-refractivity contribution is -0.0263. The Balaban J connectivity index is 2.62. The normalized spacial score (nSPS) is 23.4.